The highest BCUT2D eigenvalue weighted by Gasteiger charge is 2.05. The highest BCUT2D eigenvalue weighted by Crippen LogP contribution is 2.09. The minimum atomic E-state index is 0.621. The van der Waals surface area contributed by atoms with Crippen molar-refractivity contribution in [2.45, 2.75) is 6.92 Å². The fourth-order valence-electron chi connectivity index (χ4n) is 1.36. The monoisotopic (exact) mass is 194 g/mol. The van der Waals surface area contributed by atoms with Crippen LogP contribution in [0.3, 0.4) is 0 Å². The van der Waals surface area contributed by atoms with Gasteiger partial charge in [-0.1, -0.05) is 6.07 Å². The van der Waals surface area contributed by atoms with E-state index >= 15 is 0 Å². The summed E-state index contributed by atoms with van der Waals surface area (Å²) < 4.78 is 0. The summed E-state index contributed by atoms with van der Waals surface area (Å²) in [7, 11) is 0. The highest BCUT2D eigenvalue weighted by molar-refractivity contribution is 5.39. The summed E-state index contributed by atoms with van der Waals surface area (Å²) in [5.74, 6) is 0.959. The van der Waals surface area contributed by atoms with Crippen molar-refractivity contribution in [1.29, 1.82) is 0 Å². The lowest BCUT2D eigenvalue weighted by atomic mass is 10.3. The first-order chi connectivity index (χ1) is 6.77. The SMILES string of the molecule is Cc1cccc(N(CCN)CCN)n1. The minimum Gasteiger partial charge on any atom is -0.354 e. The first kappa shape index (κ1) is 10.9. The Labute approximate surface area is 84.9 Å². The van der Waals surface area contributed by atoms with Gasteiger partial charge in [0.25, 0.3) is 0 Å². The molecule has 0 spiro atoms. The van der Waals surface area contributed by atoms with Gasteiger partial charge in [-0.3, -0.25) is 0 Å². The van der Waals surface area contributed by atoms with Crippen LogP contribution in [0.4, 0.5) is 5.82 Å². The second kappa shape index (κ2) is 5.57. The number of aryl methyl sites for hydroxylation is 1. The van der Waals surface area contributed by atoms with Gasteiger partial charge >= 0.3 is 0 Å². The molecule has 0 aliphatic rings. The molecule has 0 amide bonds. The Balaban J connectivity index is 2.75. The van der Waals surface area contributed by atoms with Crippen LogP contribution in [-0.2, 0) is 0 Å². The second-order valence-corrected chi connectivity index (χ2v) is 3.20. The summed E-state index contributed by atoms with van der Waals surface area (Å²) >= 11 is 0. The fraction of sp³-hybridized carbons (Fsp3) is 0.500. The van der Waals surface area contributed by atoms with Crippen LogP contribution in [0.5, 0.6) is 0 Å². The molecule has 0 aliphatic heterocycles. The van der Waals surface area contributed by atoms with Crippen molar-refractivity contribution >= 4 is 5.82 Å². The summed E-state index contributed by atoms with van der Waals surface area (Å²) in [6.45, 7) is 4.82. The van der Waals surface area contributed by atoms with Crippen molar-refractivity contribution in [3.8, 4) is 0 Å². The zero-order chi connectivity index (χ0) is 10.4. The molecule has 0 bridgehead atoms. The van der Waals surface area contributed by atoms with Crippen LogP contribution in [0.25, 0.3) is 0 Å². The molecule has 0 unspecified atom stereocenters. The van der Waals surface area contributed by atoms with Crippen LogP contribution in [0.1, 0.15) is 5.69 Å². The lowest BCUT2D eigenvalue weighted by molar-refractivity contribution is 0.768. The van der Waals surface area contributed by atoms with E-state index in [4.69, 9.17) is 11.5 Å². The number of rotatable bonds is 5. The highest BCUT2D eigenvalue weighted by atomic mass is 15.2. The van der Waals surface area contributed by atoms with Crippen molar-refractivity contribution in [1.82, 2.24) is 4.98 Å². The van der Waals surface area contributed by atoms with Crippen LogP contribution in [0, 0.1) is 6.92 Å². The quantitative estimate of drug-likeness (QED) is 0.698. The summed E-state index contributed by atoms with van der Waals surface area (Å²) in [6, 6.07) is 5.96. The lowest BCUT2D eigenvalue weighted by Crippen LogP contribution is -2.34. The van der Waals surface area contributed by atoms with Gasteiger partial charge in [0.2, 0.25) is 0 Å². The molecule has 0 radical (unpaired) electrons. The summed E-state index contributed by atoms with van der Waals surface area (Å²) in [5, 5.41) is 0. The molecule has 1 aromatic heterocycles. The number of hydrogen-bond acceptors (Lipinski definition) is 4. The van der Waals surface area contributed by atoms with Gasteiger partial charge in [-0.05, 0) is 19.1 Å². The Morgan fingerprint density at radius 1 is 1.21 bits per heavy atom. The predicted octanol–water partition coefficient (Wildman–Crippen LogP) is 0.114. The Morgan fingerprint density at radius 2 is 1.86 bits per heavy atom. The molecule has 0 saturated carbocycles. The summed E-state index contributed by atoms with van der Waals surface area (Å²) in [4.78, 5) is 6.53. The third-order valence-electron chi connectivity index (χ3n) is 2.00. The van der Waals surface area contributed by atoms with Gasteiger partial charge in [0, 0.05) is 31.9 Å². The number of pyridine rings is 1. The van der Waals surface area contributed by atoms with Gasteiger partial charge in [-0.25, -0.2) is 4.98 Å². The minimum absolute atomic E-state index is 0.621. The first-order valence-electron chi connectivity index (χ1n) is 4.86. The fourth-order valence-corrected chi connectivity index (χ4v) is 1.36. The largest absolute Gasteiger partial charge is 0.354 e. The van der Waals surface area contributed by atoms with Gasteiger partial charge in [-0.15, -0.1) is 0 Å². The van der Waals surface area contributed by atoms with Gasteiger partial charge in [0.15, 0.2) is 0 Å². The molecule has 1 aromatic rings. The Kier molecular flexibility index (Phi) is 4.35. The molecule has 4 nitrogen and oxygen atoms in total. The zero-order valence-electron chi connectivity index (χ0n) is 8.61. The van der Waals surface area contributed by atoms with E-state index in [9.17, 15) is 0 Å². The van der Waals surface area contributed by atoms with Crippen molar-refractivity contribution in [3.63, 3.8) is 0 Å². The van der Waals surface area contributed by atoms with Crippen molar-refractivity contribution in [2.75, 3.05) is 31.1 Å². The van der Waals surface area contributed by atoms with Gasteiger partial charge in [0.05, 0.1) is 0 Å². The normalized spacial score (nSPS) is 10.2. The maximum atomic E-state index is 5.52. The van der Waals surface area contributed by atoms with Crippen LogP contribution in [0.15, 0.2) is 18.2 Å². The number of hydrogen-bond donors (Lipinski definition) is 2. The molecule has 0 aromatic carbocycles. The molecule has 0 aliphatic carbocycles. The molecule has 0 saturated heterocycles. The van der Waals surface area contributed by atoms with Gasteiger partial charge in [0.1, 0.15) is 5.82 Å². The van der Waals surface area contributed by atoms with Crippen molar-refractivity contribution in [2.24, 2.45) is 11.5 Å². The molecule has 4 heteroatoms. The molecular formula is C10H18N4. The Morgan fingerprint density at radius 3 is 2.36 bits per heavy atom. The average molecular weight is 194 g/mol. The second-order valence-electron chi connectivity index (χ2n) is 3.20. The third-order valence-corrected chi connectivity index (χ3v) is 2.00. The van der Waals surface area contributed by atoms with E-state index in [1.54, 1.807) is 0 Å². The summed E-state index contributed by atoms with van der Waals surface area (Å²) in [6.07, 6.45) is 0. The lowest BCUT2D eigenvalue weighted by Gasteiger charge is -2.22. The molecule has 14 heavy (non-hydrogen) atoms. The number of nitrogens with zero attached hydrogens (tertiary/aromatic N) is 2. The van der Waals surface area contributed by atoms with E-state index < -0.39 is 0 Å². The Hall–Kier alpha value is -1.13. The molecule has 0 fully saturated rings. The topological polar surface area (TPSA) is 68.2 Å². The first-order valence-corrected chi connectivity index (χ1v) is 4.86. The van der Waals surface area contributed by atoms with Crippen molar-refractivity contribution in [3.05, 3.63) is 23.9 Å². The molecule has 1 rings (SSSR count). The molecule has 0 atom stereocenters. The molecule has 4 N–H and O–H groups in total. The molecule has 1 heterocycles. The van der Waals surface area contributed by atoms with E-state index in [0.29, 0.717) is 13.1 Å². The predicted molar refractivity (Wildman–Crippen MR) is 59.3 cm³/mol. The number of aromatic nitrogens is 1. The smallest absolute Gasteiger partial charge is 0.128 e. The maximum absolute atomic E-state index is 5.52. The maximum Gasteiger partial charge on any atom is 0.128 e. The van der Waals surface area contributed by atoms with E-state index in [2.05, 4.69) is 9.88 Å². The van der Waals surface area contributed by atoms with E-state index in [1.807, 2.05) is 25.1 Å². The Bertz CT molecular complexity index is 269. The van der Waals surface area contributed by atoms with E-state index in [-0.39, 0.29) is 0 Å². The van der Waals surface area contributed by atoms with Gasteiger partial charge < -0.3 is 16.4 Å². The van der Waals surface area contributed by atoms with Crippen LogP contribution in [0.2, 0.25) is 0 Å². The van der Waals surface area contributed by atoms with Crippen LogP contribution < -0.4 is 16.4 Å². The standard InChI is InChI=1S/C10H18N4/c1-9-3-2-4-10(13-9)14(7-5-11)8-6-12/h2-4H,5-8,11-12H2,1H3. The number of nitrogens with two attached hydrogens (primary N) is 2. The molecule has 78 valence electrons. The average Bonchev–Trinajstić information content (AvgIpc) is 2.17. The van der Waals surface area contributed by atoms with Gasteiger partial charge in [-0.2, -0.15) is 0 Å². The van der Waals surface area contributed by atoms with E-state index in [1.165, 1.54) is 0 Å². The van der Waals surface area contributed by atoms with Crippen molar-refractivity contribution < 1.29 is 0 Å². The molecular weight excluding hydrogens is 176 g/mol. The number of anilines is 1. The van der Waals surface area contributed by atoms with Crippen LogP contribution >= 0.6 is 0 Å². The van der Waals surface area contributed by atoms with E-state index in [0.717, 1.165) is 24.6 Å². The summed E-state index contributed by atoms with van der Waals surface area (Å²) in [5.41, 5.74) is 12.1. The third kappa shape index (κ3) is 2.97. The zero-order valence-corrected chi connectivity index (χ0v) is 8.61. The van der Waals surface area contributed by atoms with Crippen LogP contribution in [-0.4, -0.2) is 31.2 Å².